The predicted octanol–water partition coefficient (Wildman–Crippen LogP) is 8.05. The van der Waals surface area contributed by atoms with Crippen LogP contribution in [0.4, 0.5) is 0 Å². The zero-order valence-corrected chi connectivity index (χ0v) is 19.4. The minimum Gasteiger partial charge on any atom is -0.508 e. The second kappa shape index (κ2) is 12.1. The van der Waals surface area contributed by atoms with E-state index in [-0.39, 0.29) is 11.5 Å². The topological polar surface area (TPSA) is 40.5 Å². The van der Waals surface area contributed by atoms with Gasteiger partial charge in [-0.1, -0.05) is 76.1 Å². The normalized spacial score (nSPS) is 10.6. The molecule has 2 N–H and O–H groups in total. The molecule has 2 heteroatoms. The Hall–Kier alpha value is -3.10. The standard InChI is InChI=1S/C30H34O2/c1-3-5-7-9-11-13-15-25-27-19-17-23(31)21-29(27)26(16-14-12-10-8-6-4-2)30-22-24(32)18-20-28(25)30/h17-22,31-32H,3-12H2,1-2H3. The number of unbranched alkanes of at least 4 members (excludes halogenated alkanes) is 8. The van der Waals surface area contributed by atoms with Crippen molar-refractivity contribution in [2.24, 2.45) is 0 Å². The minimum atomic E-state index is 0.210. The van der Waals surface area contributed by atoms with Crippen molar-refractivity contribution in [2.45, 2.75) is 78.1 Å². The number of rotatable bonds is 8. The first-order valence-corrected chi connectivity index (χ1v) is 12.0. The summed E-state index contributed by atoms with van der Waals surface area (Å²) in [4.78, 5) is 0. The number of hydrogen-bond acceptors (Lipinski definition) is 2. The van der Waals surface area contributed by atoms with Crippen LogP contribution in [0.5, 0.6) is 11.5 Å². The molecule has 0 fully saturated rings. The van der Waals surface area contributed by atoms with E-state index in [1.54, 1.807) is 24.3 Å². The van der Waals surface area contributed by atoms with Gasteiger partial charge in [-0.3, -0.25) is 0 Å². The Morgan fingerprint density at radius 3 is 1.44 bits per heavy atom. The molecule has 0 aliphatic carbocycles. The summed E-state index contributed by atoms with van der Waals surface area (Å²) in [5, 5.41) is 24.2. The molecule has 0 radical (unpaired) electrons. The fourth-order valence-electron chi connectivity index (χ4n) is 4.06. The Bertz CT molecular complexity index is 1120. The van der Waals surface area contributed by atoms with Crippen LogP contribution in [0.25, 0.3) is 21.5 Å². The van der Waals surface area contributed by atoms with Gasteiger partial charge in [0.05, 0.1) is 0 Å². The third-order valence-electron chi connectivity index (χ3n) is 5.82. The van der Waals surface area contributed by atoms with Crippen LogP contribution in [0.2, 0.25) is 0 Å². The molecule has 0 amide bonds. The van der Waals surface area contributed by atoms with E-state index in [9.17, 15) is 10.2 Å². The van der Waals surface area contributed by atoms with Gasteiger partial charge in [-0.25, -0.2) is 0 Å². The molecule has 0 unspecified atom stereocenters. The highest BCUT2D eigenvalue weighted by atomic mass is 16.3. The summed E-state index contributed by atoms with van der Waals surface area (Å²) in [6.07, 6.45) is 11.2. The first-order valence-electron chi connectivity index (χ1n) is 12.0. The Balaban J connectivity index is 2.09. The molecule has 0 aliphatic rings. The summed E-state index contributed by atoms with van der Waals surface area (Å²) in [5.74, 6) is 13.9. The van der Waals surface area contributed by atoms with Crippen LogP contribution in [0.15, 0.2) is 36.4 Å². The van der Waals surface area contributed by atoms with Gasteiger partial charge < -0.3 is 10.2 Å². The lowest BCUT2D eigenvalue weighted by molar-refractivity contribution is 0.476. The summed E-state index contributed by atoms with van der Waals surface area (Å²) in [7, 11) is 0. The van der Waals surface area contributed by atoms with E-state index < -0.39 is 0 Å². The number of aromatic hydroxyl groups is 2. The average molecular weight is 427 g/mol. The zero-order chi connectivity index (χ0) is 22.8. The van der Waals surface area contributed by atoms with Crippen LogP contribution in [-0.2, 0) is 0 Å². The monoisotopic (exact) mass is 426 g/mol. The second-order valence-electron chi connectivity index (χ2n) is 8.43. The van der Waals surface area contributed by atoms with Crippen molar-refractivity contribution in [1.29, 1.82) is 0 Å². The van der Waals surface area contributed by atoms with E-state index in [2.05, 4.69) is 37.5 Å². The molecule has 166 valence electrons. The van der Waals surface area contributed by atoms with Crippen molar-refractivity contribution in [2.75, 3.05) is 0 Å². The van der Waals surface area contributed by atoms with E-state index in [1.165, 1.54) is 38.5 Å². The van der Waals surface area contributed by atoms with Gasteiger partial charge in [0.15, 0.2) is 0 Å². The van der Waals surface area contributed by atoms with E-state index in [0.29, 0.717) is 0 Å². The SMILES string of the molecule is CCCCCCC#Cc1c2ccc(O)cc2c(C#CCCCCCC)c2cc(O)ccc12. The molecule has 2 nitrogen and oxygen atoms in total. The molecule has 3 rings (SSSR count). The Labute approximate surface area is 192 Å². The van der Waals surface area contributed by atoms with Gasteiger partial charge >= 0.3 is 0 Å². The van der Waals surface area contributed by atoms with Crippen molar-refractivity contribution in [3.8, 4) is 35.2 Å². The van der Waals surface area contributed by atoms with E-state index in [4.69, 9.17) is 0 Å². The maximum absolute atomic E-state index is 10.2. The van der Waals surface area contributed by atoms with Crippen molar-refractivity contribution in [3.63, 3.8) is 0 Å². The van der Waals surface area contributed by atoms with Crippen molar-refractivity contribution < 1.29 is 10.2 Å². The maximum Gasteiger partial charge on any atom is 0.116 e. The lowest BCUT2D eigenvalue weighted by atomic mass is 9.91. The van der Waals surface area contributed by atoms with Crippen LogP contribution in [0, 0.1) is 23.7 Å². The molecule has 0 aromatic heterocycles. The summed E-state index contributed by atoms with van der Waals surface area (Å²) < 4.78 is 0. The number of hydrogen-bond donors (Lipinski definition) is 2. The smallest absolute Gasteiger partial charge is 0.116 e. The largest absolute Gasteiger partial charge is 0.508 e. The molecule has 32 heavy (non-hydrogen) atoms. The summed E-state index contributed by atoms with van der Waals surface area (Å²) in [6.45, 7) is 4.42. The molecule has 0 saturated heterocycles. The molecule has 0 spiro atoms. The number of phenols is 2. The average Bonchev–Trinajstić information content (AvgIpc) is 2.79. The second-order valence-corrected chi connectivity index (χ2v) is 8.43. The first kappa shape index (κ1) is 23.6. The van der Waals surface area contributed by atoms with Gasteiger partial charge in [-0.15, -0.1) is 0 Å². The third-order valence-corrected chi connectivity index (χ3v) is 5.82. The fourth-order valence-corrected chi connectivity index (χ4v) is 4.06. The predicted molar refractivity (Wildman–Crippen MR) is 136 cm³/mol. The Morgan fingerprint density at radius 2 is 1.00 bits per heavy atom. The first-order chi connectivity index (χ1) is 15.7. The number of phenolic OH excluding ortho intramolecular Hbond substituents is 2. The highest BCUT2D eigenvalue weighted by Crippen LogP contribution is 2.35. The summed E-state index contributed by atoms with van der Waals surface area (Å²) >= 11 is 0. The number of fused-ring (bicyclic) bond motifs is 2. The highest BCUT2D eigenvalue weighted by Gasteiger charge is 2.13. The van der Waals surface area contributed by atoms with E-state index in [1.807, 2.05) is 12.1 Å². The highest BCUT2D eigenvalue weighted by molar-refractivity contribution is 6.10. The Kier molecular flexibility index (Phi) is 8.89. The molecule has 0 bridgehead atoms. The lowest BCUT2D eigenvalue weighted by Crippen LogP contribution is -1.91. The van der Waals surface area contributed by atoms with Crippen LogP contribution in [0.3, 0.4) is 0 Å². The number of benzene rings is 3. The lowest BCUT2D eigenvalue weighted by Gasteiger charge is -2.11. The van der Waals surface area contributed by atoms with Crippen molar-refractivity contribution >= 4 is 21.5 Å². The molecule has 0 saturated carbocycles. The van der Waals surface area contributed by atoms with Crippen molar-refractivity contribution in [1.82, 2.24) is 0 Å². The molecule has 3 aromatic carbocycles. The van der Waals surface area contributed by atoms with Crippen LogP contribution < -0.4 is 0 Å². The van der Waals surface area contributed by atoms with E-state index >= 15 is 0 Å². The third kappa shape index (κ3) is 5.99. The van der Waals surface area contributed by atoms with Crippen LogP contribution in [-0.4, -0.2) is 10.2 Å². The summed E-state index contributed by atoms with van der Waals surface area (Å²) in [6, 6.07) is 10.8. The zero-order valence-electron chi connectivity index (χ0n) is 19.4. The molecule has 0 heterocycles. The van der Waals surface area contributed by atoms with Crippen molar-refractivity contribution in [3.05, 3.63) is 47.5 Å². The fraction of sp³-hybridized carbons (Fsp3) is 0.400. The van der Waals surface area contributed by atoms with Crippen LogP contribution in [0.1, 0.15) is 89.2 Å². The summed E-state index contributed by atoms with van der Waals surface area (Å²) in [5.41, 5.74) is 1.80. The van der Waals surface area contributed by atoms with Gasteiger partial charge in [0.1, 0.15) is 11.5 Å². The molecular weight excluding hydrogens is 392 g/mol. The minimum absolute atomic E-state index is 0.210. The van der Waals surface area contributed by atoms with Gasteiger partial charge in [0.25, 0.3) is 0 Å². The molecule has 0 aliphatic heterocycles. The van der Waals surface area contributed by atoms with Gasteiger partial charge in [0, 0.05) is 34.7 Å². The molecule has 3 aromatic rings. The Morgan fingerprint density at radius 1 is 0.562 bits per heavy atom. The molecule has 0 atom stereocenters. The maximum atomic E-state index is 10.2. The van der Waals surface area contributed by atoms with Gasteiger partial charge in [-0.2, -0.15) is 0 Å². The van der Waals surface area contributed by atoms with E-state index in [0.717, 1.165) is 58.4 Å². The van der Waals surface area contributed by atoms with Gasteiger partial charge in [0.2, 0.25) is 0 Å². The van der Waals surface area contributed by atoms with Gasteiger partial charge in [-0.05, 0) is 60.0 Å². The molecular formula is C30H34O2. The van der Waals surface area contributed by atoms with Crippen LogP contribution >= 0.6 is 0 Å². The quantitative estimate of drug-likeness (QED) is 0.217.